The second-order valence-corrected chi connectivity index (χ2v) is 8.58. The van der Waals surface area contributed by atoms with Gasteiger partial charge in [-0.3, -0.25) is 9.69 Å². The van der Waals surface area contributed by atoms with Crippen LogP contribution in [0.25, 0.3) is 11.5 Å². The summed E-state index contributed by atoms with van der Waals surface area (Å²) in [6.45, 7) is 6.91. The van der Waals surface area contributed by atoms with E-state index in [4.69, 9.17) is 4.42 Å². The van der Waals surface area contributed by atoms with Gasteiger partial charge in [-0.1, -0.05) is 42.0 Å². The quantitative estimate of drug-likeness (QED) is 0.586. The van der Waals surface area contributed by atoms with Crippen LogP contribution < -0.4 is 5.32 Å². The van der Waals surface area contributed by atoms with E-state index in [1.54, 1.807) is 18.2 Å². The van der Waals surface area contributed by atoms with Crippen LogP contribution in [0.3, 0.4) is 0 Å². The molecule has 3 aromatic rings. The highest BCUT2D eigenvalue weighted by Gasteiger charge is 2.26. The van der Waals surface area contributed by atoms with Crippen molar-refractivity contribution in [3.8, 4) is 11.5 Å². The average Bonchev–Trinajstić information content (AvgIpc) is 3.15. The molecule has 1 N–H and O–H groups in total. The number of amides is 1. The zero-order chi connectivity index (χ0) is 22.5. The predicted molar refractivity (Wildman–Crippen MR) is 123 cm³/mol. The van der Waals surface area contributed by atoms with Gasteiger partial charge in [0.1, 0.15) is 11.6 Å². The zero-order valence-electron chi connectivity index (χ0n) is 18.7. The fourth-order valence-corrected chi connectivity index (χ4v) is 4.12. The van der Waals surface area contributed by atoms with Crippen LogP contribution in [0.4, 0.5) is 4.39 Å². The first kappa shape index (κ1) is 22.2. The lowest BCUT2D eigenvalue weighted by molar-refractivity contribution is -0.126. The lowest BCUT2D eigenvalue weighted by Crippen LogP contribution is -2.40. The first-order valence-corrected chi connectivity index (χ1v) is 11.3. The van der Waals surface area contributed by atoms with Gasteiger partial charge in [-0.2, -0.15) is 0 Å². The van der Waals surface area contributed by atoms with Crippen LogP contribution in [-0.2, 0) is 17.8 Å². The summed E-state index contributed by atoms with van der Waals surface area (Å²) in [5, 5.41) is 3.10. The SMILES string of the molecule is Cc1ccc(CCNC(=O)C2CCN(Cc3nc(-c4ccccc4F)oc3C)CC2)cc1. The van der Waals surface area contributed by atoms with Gasteiger partial charge >= 0.3 is 0 Å². The normalized spacial score (nSPS) is 15.1. The Hall–Kier alpha value is -2.99. The number of likely N-dealkylation sites (tertiary alicyclic amines) is 1. The minimum atomic E-state index is -0.338. The van der Waals surface area contributed by atoms with E-state index >= 15 is 0 Å². The number of aryl methyl sites for hydroxylation is 2. The maximum Gasteiger partial charge on any atom is 0.229 e. The number of piperidine rings is 1. The summed E-state index contributed by atoms with van der Waals surface area (Å²) in [4.78, 5) is 19.4. The molecule has 0 aliphatic carbocycles. The Morgan fingerprint density at radius 1 is 1.12 bits per heavy atom. The fraction of sp³-hybridized carbons (Fsp3) is 0.385. The van der Waals surface area contributed by atoms with Gasteiger partial charge in [0.2, 0.25) is 11.8 Å². The summed E-state index contributed by atoms with van der Waals surface area (Å²) < 4.78 is 19.8. The highest BCUT2D eigenvalue weighted by molar-refractivity contribution is 5.78. The first-order valence-electron chi connectivity index (χ1n) is 11.3. The van der Waals surface area contributed by atoms with Crippen molar-refractivity contribution < 1.29 is 13.6 Å². The van der Waals surface area contributed by atoms with E-state index in [2.05, 4.69) is 46.4 Å². The molecule has 0 spiro atoms. The first-order chi connectivity index (χ1) is 15.5. The maximum atomic E-state index is 14.0. The van der Waals surface area contributed by atoms with E-state index in [-0.39, 0.29) is 17.6 Å². The molecule has 168 valence electrons. The van der Waals surface area contributed by atoms with Gasteiger partial charge in [0.25, 0.3) is 0 Å². The second kappa shape index (κ2) is 10.1. The molecule has 6 heteroatoms. The average molecular weight is 436 g/mol. The van der Waals surface area contributed by atoms with Crippen LogP contribution in [0.15, 0.2) is 52.9 Å². The number of nitrogens with zero attached hydrogens (tertiary/aromatic N) is 2. The van der Waals surface area contributed by atoms with E-state index in [0.717, 1.165) is 38.0 Å². The monoisotopic (exact) mass is 435 g/mol. The third-order valence-corrected chi connectivity index (χ3v) is 6.16. The number of oxazole rings is 1. The maximum absolute atomic E-state index is 14.0. The van der Waals surface area contributed by atoms with Gasteiger partial charge in [-0.25, -0.2) is 9.37 Å². The topological polar surface area (TPSA) is 58.4 Å². The molecule has 4 rings (SSSR count). The largest absolute Gasteiger partial charge is 0.441 e. The molecule has 0 unspecified atom stereocenters. The highest BCUT2D eigenvalue weighted by atomic mass is 19.1. The number of hydrogen-bond donors (Lipinski definition) is 1. The number of nitrogens with one attached hydrogen (secondary N) is 1. The van der Waals surface area contributed by atoms with E-state index in [1.807, 2.05) is 6.92 Å². The summed E-state index contributed by atoms with van der Waals surface area (Å²) in [5.74, 6) is 0.889. The molecule has 2 heterocycles. The number of benzene rings is 2. The van der Waals surface area contributed by atoms with Crippen molar-refractivity contribution >= 4 is 5.91 Å². The minimum Gasteiger partial charge on any atom is -0.441 e. The summed E-state index contributed by atoms with van der Waals surface area (Å²) in [6.07, 6.45) is 2.50. The molecule has 32 heavy (non-hydrogen) atoms. The molecule has 0 radical (unpaired) electrons. The van der Waals surface area contributed by atoms with Crippen LogP contribution in [0.1, 0.15) is 35.4 Å². The van der Waals surface area contributed by atoms with Crippen LogP contribution in [0, 0.1) is 25.6 Å². The van der Waals surface area contributed by atoms with Crippen molar-refractivity contribution in [2.24, 2.45) is 5.92 Å². The number of carbonyl (C=O) groups is 1. The van der Waals surface area contributed by atoms with Gasteiger partial charge in [0.15, 0.2) is 0 Å². The molecule has 1 aliphatic heterocycles. The van der Waals surface area contributed by atoms with Gasteiger partial charge in [-0.15, -0.1) is 0 Å². The molecule has 2 aromatic carbocycles. The molecule has 5 nitrogen and oxygen atoms in total. The van der Waals surface area contributed by atoms with Crippen molar-refractivity contribution in [2.45, 2.75) is 39.7 Å². The molecule has 1 aliphatic rings. The summed E-state index contributed by atoms with van der Waals surface area (Å²) >= 11 is 0. The number of carbonyl (C=O) groups excluding carboxylic acids is 1. The Labute approximate surface area is 188 Å². The minimum absolute atomic E-state index is 0.0525. The Bertz CT molecular complexity index is 1050. The third-order valence-electron chi connectivity index (χ3n) is 6.16. The van der Waals surface area contributed by atoms with Crippen LogP contribution in [0.5, 0.6) is 0 Å². The number of halogens is 1. The third kappa shape index (κ3) is 5.43. The Balaban J connectivity index is 1.25. The van der Waals surface area contributed by atoms with E-state index in [0.29, 0.717) is 30.3 Å². The predicted octanol–water partition coefficient (Wildman–Crippen LogP) is 4.67. The molecule has 0 saturated carbocycles. The van der Waals surface area contributed by atoms with Gasteiger partial charge in [-0.05, 0) is 63.9 Å². The second-order valence-electron chi connectivity index (χ2n) is 8.58. The van der Waals surface area contributed by atoms with Crippen molar-refractivity contribution in [2.75, 3.05) is 19.6 Å². The molecule has 0 atom stereocenters. The van der Waals surface area contributed by atoms with E-state index in [1.165, 1.54) is 17.2 Å². The van der Waals surface area contributed by atoms with E-state index in [9.17, 15) is 9.18 Å². The zero-order valence-corrected chi connectivity index (χ0v) is 18.7. The Morgan fingerprint density at radius 2 is 1.84 bits per heavy atom. The molecule has 1 amide bonds. The van der Waals surface area contributed by atoms with Gasteiger partial charge < -0.3 is 9.73 Å². The van der Waals surface area contributed by atoms with Gasteiger partial charge in [0, 0.05) is 19.0 Å². The van der Waals surface area contributed by atoms with Crippen molar-refractivity contribution in [3.05, 3.63) is 76.9 Å². The molecule has 1 aromatic heterocycles. The lowest BCUT2D eigenvalue weighted by Gasteiger charge is -2.30. The molecule has 0 bridgehead atoms. The number of aromatic nitrogens is 1. The number of hydrogen-bond acceptors (Lipinski definition) is 4. The van der Waals surface area contributed by atoms with E-state index < -0.39 is 0 Å². The number of rotatable bonds is 7. The summed E-state index contributed by atoms with van der Waals surface area (Å²) in [5.41, 5.74) is 3.68. The standard InChI is InChI=1S/C26H30FN3O2/c1-18-7-9-20(10-8-18)11-14-28-25(31)21-12-15-30(16-13-21)17-24-19(2)32-26(29-24)22-5-3-4-6-23(22)27/h3-10,21H,11-17H2,1-2H3,(H,28,31). The summed E-state index contributed by atoms with van der Waals surface area (Å²) in [7, 11) is 0. The van der Waals surface area contributed by atoms with Gasteiger partial charge in [0.05, 0.1) is 11.3 Å². The van der Waals surface area contributed by atoms with Crippen LogP contribution >= 0.6 is 0 Å². The van der Waals surface area contributed by atoms with Crippen LogP contribution in [0.2, 0.25) is 0 Å². The molecular weight excluding hydrogens is 405 g/mol. The molecular formula is C26H30FN3O2. The Kier molecular flexibility index (Phi) is 7.00. The highest BCUT2D eigenvalue weighted by Crippen LogP contribution is 2.26. The van der Waals surface area contributed by atoms with Crippen molar-refractivity contribution in [1.29, 1.82) is 0 Å². The van der Waals surface area contributed by atoms with Crippen LogP contribution in [-0.4, -0.2) is 35.4 Å². The lowest BCUT2D eigenvalue weighted by atomic mass is 9.95. The van der Waals surface area contributed by atoms with Crippen molar-refractivity contribution in [1.82, 2.24) is 15.2 Å². The smallest absolute Gasteiger partial charge is 0.229 e. The Morgan fingerprint density at radius 3 is 2.56 bits per heavy atom. The van der Waals surface area contributed by atoms with Crippen molar-refractivity contribution in [3.63, 3.8) is 0 Å². The summed E-state index contributed by atoms with van der Waals surface area (Å²) in [6, 6.07) is 14.9. The molecule has 1 saturated heterocycles. The fourth-order valence-electron chi connectivity index (χ4n) is 4.12. The molecule has 1 fully saturated rings.